The fourth-order valence-corrected chi connectivity index (χ4v) is 7.87. The third kappa shape index (κ3) is 2.34. The summed E-state index contributed by atoms with van der Waals surface area (Å²) < 4.78 is 11.6. The minimum atomic E-state index is -0.359. The number of ketones is 1. The van der Waals surface area contributed by atoms with Crippen molar-refractivity contribution in [3.05, 3.63) is 0 Å². The van der Waals surface area contributed by atoms with Crippen molar-refractivity contribution < 1.29 is 14.3 Å². The predicted octanol–water partition coefficient (Wildman–Crippen LogP) is 4.98. The molecule has 4 saturated carbocycles. The van der Waals surface area contributed by atoms with E-state index in [9.17, 15) is 4.79 Å². The Morgan fingerprint density at radius 3 is 2.44 bits per heavy atom. The summed E-state index contributed by atoms with van der Waals surface area (Å²) in [5.74, 6) is 3.17. The second kappa shape index (κ2) is 6.05. The van der Waals surface area contributed by atoms with E-state index in [0.717, 1.165) is 50.4 Å². The quantitative estimate of drug-likeness (QED) is 0.675. The monoisotopic (exact) mass is 348 g/mol. The van der Waals surface area contributed by atoms with E-state index in [1.807, 2.05) is 0 Å². The number of Topliss-reactive ketones (excluding diaryl/α,β-unsaturated/α-hetero) is 1. The van der Waals surface area contributed by atoms with Gasteiger partial charge in [-0.25, -0.2) is 0 Å². The van der Waals surface area contributed by atoms with Gasteiger partial charge >= 0.3 is 0 Å². The van der Waals surface area contributed by atoms with Gasteiger partial charge < -0.3 is 9.47 Å². The zero-order valence-electron chi connectivity index (χ0n) is 16.6. The van der Waals surface area contributed by atoms with E-state index in [4.69, 9.17) is 9.47 Å². The molecule has 142 valence electrons. The van der Waals surface area contributed by atoms with E-state index in [1.54, 1.807) is 14.2 Å². The normalized spacial score (nSPS) is 48.6. The highest BCUT2D eigenvalue weighted by Crippen LogP contribution is 2.67. The Hall–Kier alpha value is -0.410. The summed E-state index contributed by atoms with van der Waals surface area (Å²) in [6.45, 7) is 4.81. The second-order valence-corrected chi connectivity index (χ2v) is 9.69. The summed E-state index contributed by atoms with van der Waals surface area (Å²) in [5, 5.41) is 0. The Morgan fingerprint density at radius 1 is 1.00 bits per heavy atom. The summed E-state index contributed by atoms with van der Waals surface area (Å²) >= 11 is 0. The third-order valence-corrected chi connectivity index (χ3v) is 9.49. The van der Waals surface area contributed by atoms with Gasteiger partial charge in [-0.1, -0.05) is 13.8 Å². The predicted molar refractivity (Wildman–Crippen MR) is 98.1 cm³/mol. The van der Waals surface area contributed by atoms with Crippen molar-refractivity contribution in [3.63, 3.8) is 0 Å². The zero-order valence-corrected chi connectivity index (χ0v) is 16.6. The highest BCUT2D eigenvalue weighted by atomic mass is 16.7. The van der Waals surface area contributed by atoms with Gasteiger partial charge in [-0.2, -0.15) is 0 Å². The molecular weight excluding hydrogens is 312 g/mol. The van der Waals surface area contributed by atoms with Crippen molar-refractivity contribution in [1.82, 2.24) is 0 Å². The molecule has 4 aliphatic carbocycles. The number of hydrogen-bond donors (Lipinski definition) is 0. The lowest BCUT2D eigenvalue weighted by molar-refractivity contribution is -0.261. The summed E-state index contributed by atoms with van der Waals surface area (Å²) in [5.41, 5.74) is 0.455. The van der Waals surface area contributed by atoms with Gasteiger partial charge in [0.15, 0.2) is 5.79 Å². The second-order valence-electron chi connectivity index (χ2n) is 9.69. The topological polar surface area (TPSA) is 35.5 Å². The van der Waals surface area contributed by atoms with Gasteiger partial charge in [-0.05, 0) is 74.0 Å². The van der Waals surface area contributed by atoms with Crippen LogP contribution in [0.15, 0.2) is 0 Å². The lowest BCUT2D eigenvalue weighted by atomic mass is 9.44. The fourth-order valence-electron chi connectivity index (χ4n) is 7.87. The molecule has 0 aromatic carbocycles. The van der Waals surface area contributed by atoms with Crippen LogP contribution in [0.5, 0.6) is 0 Å². The van der Waals surface area contributed by atoms with Crippen LogP contribution in [0.4, 0.5) is 0 Å². The van der Waals surface area contributed by atoms with Crippen molar-refractivity contribution in [2.24, 2.45) is 34.5 Å². The standard InChI is InChI=1S/C22H36O3/c1-5-21-11-10-17-16(18(21)8-9-19(21)23)7-6-15-14-22(24-3,25-4)13-12-20(15,17)2/h15-18H,5-14H2,1-4H3/t15-,16+,17-,18-,20-,21-/m0/s1. The minimum absolute atomic E-state index is 0.0435. The number of carbonyl (C=O) groups is 1. The van der Waals surface area contributed by atoms with E-state index in [-0.39, 0.29) is 11.2 Å². The number of fused-ring (bicyclic) bond motifs is 5. The molecule has 0 amide bonds. The fraction of sp³-hybridized carbons (Fsp3) is 0.955. The summed E-state index contributed by atoms with van der Waals surface area (Å²) in [6, 6.07) is 0. The molecule has 25 heavy (non-hydrogen) atoms. The van der Waals surface area contributed by atoms with Gasteiger partial charge in [-0.3, -0.25) is 4.79 Å². The molecule has 0 saturated heterocycles. The van der Waals surface area contributed by atoms with Crippen LogP contribution in [0.2, 0.25) is 0 Å². The van der Waals surface area contributed by atoms with Gasteiger partial charge in [0.2, 0.25) is 0 Å². The van der Waals surface area contributed by atoms with Crippen LogP contribution < -0.4 is 0 Å². The molecule has 0 aromatic rings. The van der Waals surface area contributed by atoms with Crippen LogP contribution in [-0.2, 0) is 14.3 Å². The first-order valence-electron chi connectivity index (χ1n) is 10.6. The molecule has 0 radical (unpaired) electrons. The highest BCUT2D eigenvalue weighted by Gasteiger charge is 2.62. The number of carbonyl (C=O) groups excluding carboxylic acids is 1. The Labute approximate surface area is 153 Å². The first-order valence-corrected chi connectivity index (χ1v) is 10.6. The molecule has 0 unspecified atom stereocenters. The molecule has 4 aliphatic rings. The van der Waals surface area contributed by atoms with Gasteiger partial charge in [0.1, 0.15) is 5.78 Å². The lowest BCUT2D eigenvalue weighted by Gasteiger charge is -2.61. The molecule has 0 heterocycles. The van der Waals surface area contributed by atoms with Gasteiger partial charge in [-0.15, -0.1) is 0 Å². The largest absolute Gasteiger partial charge is 0.353 e. The lowest BCUT2D eigenvalue weighted by Crippen LogP contribution is -2.57. The maximum Gasteiger partial charge on any atom is 0.167 e. The molecule has 6 atom stereocenters. The average Bonchev–Trinajstić information content (AvgIpc) is 2.98. The maximum atomic E-state index is 12.7. The summed E-state index contributed by atoms with van der Waals surface area (Å²) in [4.78, 5) is 12.7. The van der Waals surface area contributed by atoms with Crippen LogP contribution in [0, 0.1) is 34.5 Å². The first-order chi connectivity index (χ1) is 11.9. The highest BCUT2D eigenvalue weighted by molar-refractivity contribution is 5.87. The SMILES string of the molecule is CC[C@]12CC[C@H]3[C@@H](CC[C@H]4CC(OC)(OC)CC[C@@]43C)[C@@H]1CCC2=O. The van der Waals surface area contributed by atoms with Gasteiger partial charge in [0, 0.05) is 38.9 Å². The molecule has 0 aliphatic heterocycles. The van der Waals surface area contributed by atoms with E-state index < -0.39 is 0 Å². The molecule has 4 rings (SSSR count). The molecule has 0 bridgehead atoms. The summed E-state index contributed by atoms with van der Waals surface area (Å²) in [7, 11) is 3.61. The van der Waals surface area contributed by atoms with Crippen LogP contribution in [0.25, 0.3) is 0 Å². The Balaban J connectivity index is 1.61. The molecule has 0 aromatic heterocycles. The van der Waals surface area contributed by atoms with Gasteiger partial charge in [0.25, 0.3) is 0 Å². The van der Waals surface area contributed by atoms with E-state index >= 15 is 0 Å². The van der Waals surface area contributed by atoms with Crippen molar-refractivity contribution in [1.29, 1.82) is 0 Å². The van der Waals surface area contributed by atoms with Crippen molar-refractivity contribution in [2.45, 2.75) is 83.8 Å². The third-order valence-electron chi connectivity index (χ3n) is 9.49. The van der Waals surface area contributed by atoms with Crippen LogP contribution in [0.3, 0.4) is 0 Å². The average molecular weight is 349 g/mol. The molecule has 0 N–H and O–H groups in total. The molecule has 4 fully saturated rings. The van der Waals surface area contributed by atoms with E-state index in [0.29, 0.717) is 23.0 Å². The number of hydrogen-bond acceptors (Lipinski definition) is 3. The van der Waals surface area contributed by atoms with Gasteiger partial charge in [0.05, 0.1) is 0 Å². The van der Waals surface area contributed by atoms with Crippen molar-refractivity contribution in [3.8, 4) is 0 Å². The molecule has 3 nitrogen and oxygen atoms in total. The zero-order chi connectivity index (χ0) is 17.9. The molecular formula is C22H36O3. The molecule has 3 heteroatoms. The summed E-state index contributed by atoms with van der Waals surface area (Å²) in [6.07, 6.45) is 11.4. The smallest absolute Gasteiger partial charge is 0.167 e. The number of methoxy groups -OCH3 is 2. The minimum Gasteiger partial charge on any atom is -0.353 e. The van der Waals surface area contributed by atoms with Crippen molar-refractivity contribution >= 4 is 5.78 Å². The number of rotatable bonds is 3. The van der Waals surface area contributed by atoms with E-state index in [1.165, 1.54) is 25.7 Å². The van der Waals surface area contributed by atoms with Crippen LogP contribution in [0.1, 0.15) is 78.1 Å². The first kappa shape index (κ1) is 18.0. The maximum absolute atomic E-state index is 12.7. The van der Waals surface area contributed by atoms with Crippen LogP contribution >= 0.6 is 0 Å². The number of ether oxygens (including phenoxy) is 2. The molecule has 0 spiro atoms. The van der Waals surface area contributed by atoms with Crippen molar-refractivity contribution in [2.75, 3.05) is 14.2 Å². The Bertz CT molecular complexity index is 539. The Kier molecular flexibility index (Phi) is 4.35. The van der Waals surface area contributed by atoms with Crippen LogP contribution in [-0.4, -0.2) is 25.8 Å². The van der Waals surface area contributed by atoms with E-state index in [2.05, 4.69) is 13.8 Å². The Morgan fingerprint density at radius 2 is 1.76 bits per heavy atom.